The Kier molecular flexibility index (Phi) is 4.11. The number of amides is 1. The first kappa shape index (κ1) is 13.5. The first-order chi connectivity index (χ1) is 9.04. The summed E-state index contributed by atoms with van der Waals surface area (Å²) in [5.41, 5.74) is 7.95. The lowest BCUT2D eigenvalue weighted by atomic mass is 10.3. The number of carbonyl (C=O) groups excluding carboxylic acids is 1. The summed E-state index contributed by atoms with van der Waals surface area (Å²) in [7, 11) is 1.87. The van der Waals surface area contributed by atoms with Gasteiger partial charge in [-0.25, -0.2) is 0 Å². The predicted octanol–water partition coefficient (Wildman–Crippen LogP) is 2.04. The summed E-state index contributed by atoms with van der Waals surface area (Å²) < 4.78 is 1.77. The number of hydrogen-bond donors (Lipinski definition) is 2. The number of anilines is 2. The van der Waals surface area contributed by atoms with Crippen LogP contribution < -0.4 is 11.1 Å². The lowest BCUT2D eigenvalue weighted by Gasteiger charge is -2.05. The number of nitrogens with zero attached hydrogens (tertiary/aromatic N) is 2. The van der Waals surface area contributed by atoms with Crippen molar-refractivity contribution in [2.75, 3.05) is 16.8 Å². The zero-order valence-corrected chi connectivity index (χ0v) is 11.7. The van der Waals surface area contributed by atoms with Crippen molar-refractivity contribution in [1.29, 1.82) is 0 Å². The molecule has 6 heteroatoms. The fraction of sp³-hybridized carbons (Fsp3) is 0.231. The molecule has 1 amide bonds. The monoisotopic (exact) mass is 276 g/mol. The molecule has 0 atom stereocenters. The molecule has 0 spiro atoms. The number of carbonyl (C=O) groups is 1. The number of nitrogens with one attached hydrogen (secondary N) is 1. The maximum Gasteiger partial charge on any atom is 0.234 e. The van der Waals surface area contributed by atoms with Crippen molar-refractivity contribution in [3.8, 4) is 0 Å². The standard InChI is InChI=1S/C13H16N4OS/c1-9-6-13(17(2)16-9)19-8-12(18)15-11-5-3-4-10(14)7-11/h3-7H,8,14H2,1-2H3,(H,15,18). The van der Waals surface area contributed by atoms with Gasteiger partial charge in [0.15, 0.2) is 0 Å². The first-order valence-corrected chi connectivity index (χ1v) is 6.82. The van der Waals surface area contributed by atoms with Crippen LogP contribution in [0, 0.1) is 6.92 Å². The summed E-state index contributed by atoms with van der Waals surface area (Å²) in [5.74, 6) is 0.280. The lowest BCUT2D eigenvalue weighted by molar-refractivity contribution is -0.113. The Hall–Kier alpha value is -1.95. The summed E-state index contributed by atoms with van der Waals surface area (Å²) in [5, 5.41) is 8.01. The number of nitrogens with two attached hydrogens (primary N) is 1. The van der Waals surface area contributed by atoms with Gasteiger partial charge in [-0.1, -0.05) is 17.8 Å². The van der Waals surface area contributed by atoms with Crippen molar-refractivity contribution in [2.45, 2.75) is 11.9 Å². The Labute approximate surface area is 116 Å². The Balaban J connectivity index is 1.90. The van der Waals surface area contributed by atoms with Gasteiger partial charge in [-0.05, 0) is 31.2 Å². The van der Waals surface area contributed by atoms with Gasteiger partial charge in [0.25, 0.3) is 0 Å². The van der Waals surface area contributed by atoms with E-state index in [2.05, 4.69) is 10.4 Å². The maximum absolute atomic E-state index is 11.8. The number of aryl methyl sites for hydroxylation is 2. The highest BCUT2D eigenvalue weighted by molar-refractivity contribution is 7.99. The van der Waals surface area contributed by atoms with Gasteiger partial charge in [0.05, 0.1) is 16.5 Å². The molecule has 2 aromatic rings. The van der Waals surface area contributed by atoms with Crippen LogP contribution in [-0.2, 0) is 11.8 Å². The van der Waals surface area contributed by atoms with Gasteiger partial charge in [0, 0.05) is 18.4 Å². The fourth-order valence-electron chi connectivity index (χ4n) is 1.67. The van der Waals surface area contributed by atoms with E-state index < -0.39 is 0 Å². The largest absolute Gasteiger partial charge is 0.399 e. The number of nitrogen functional groups attached to an aromatic ring is 1. The quantitative estimate of drug-likeness (QED) is 0.662. The van der Waals surface area contributed by atoms with Crippen molar-refractivity contribution >= 4 is 29.0 Å². The number of benzene rings is 1. The van der Waals surface area contributed by atoms with Gasteiger partial charge in [0.2, 0.25) is 5.91 Å². The van der Waals surface area contributed by atoms with Crippen LogP contribution in [0.3, 0.4) is 0 Å². The molecular weight excluding hydrogens is 260 g/mol. The minimum absolute atomic E-state index is 0.0607. The normalized spacial score (nSPS) is 10.4. The Morgan fingerprint density at radius 1 is 1.47 bits per heavy atom. The van der Waals surface area contributed by atoms with Gasteiger partial charge < -0.3 is 11.1 Å². The average molecular weight is 276 g/mol. The van der Waals surface area contributed by atoms with Crippen LogP contribution in [0.1, 0.15) is 5.69 Å². The summed E-state index contributed by atoms with van der Waals surface area (Å²) in [6.07, 6.45) is 0. The van der Waals surface area contributed by atoms with Crippen molar-refractivity contribution in [2.24, 2.45) is 7.05 Å². The second kappa shape index (κ2) is 5.79. The minimum Gasteiger partial charge on any atom is -0.399 e. The van der Waals surface area contributed by atoms with E-state index in [-0.39, 0.29) is 5.91 Å². The van der Waals surface area contributed by atoms with Crippen LogP contribution in [-0.4, -0.2) is 21.4 Å². The molecule has 0 saturated carbocycles. The molecule has 1 heterocycles. The molecule has 1 aromatic carbocycles. The zero-order valence-electron chi connectivity index (χ0n) is 10.9. The molecule has 3 N–H and O–H groups in total. The average Bonchev–Trinajstić information content (AvgIpc) is 2.65. The third-order valence-corrected chi connectivity index (χ3v) is 3.56. The van der Waals surface area contributed by atoms with Crippen LogP contribution in [0.15, 0.2) is 35.4 Å². The van der Waals surface area contributed by atoms with Gasteiger partial charge in [0.1, 0.15) is 0 Å². The fourth-order valence-corrected chi connectivity index (χ4v) is 2.51. The SMILES string of the molecule is Cc1cc(SCC(=O)Nc2cccc(N)c2)n(C)n1. The molecular formula is C13H16N4OS. The van der Waals surface area contributed by atoms with Crippen LogP contribution in [0.2, 0.25) is 0 Å². The summed E-state index contributed by atoms with van der Waals surface area (Å²) >= 11 is 1.46. The second-order valence-corrected chi connectivity index (χ2v) is 5.21. The molecule has 0 aliphatic heterocycles. The molecule has 0 aliphatic rings. The molecule has 0 radical (unpaired) electrons. The predicted molar refractivity (Wildman–Crippen MR) is 78.2 cm³/mol. The van der Waals surface area contributed by atoms with E-state index in [4.69, 9.17) is 5.73 Å². The lowest BCUT2D eigenvalue weighted by Crippen LogP contribution is -2.14. The van der Waals surface area contributed by atoms with Crippen molar-refractivity contribution in [1.82, 2.24) is 9.78 Å². The van der Waals surface area contributed by atoms with Gasteiger partial charge in [-0.2, -0.15) is 5.10 Å². The Morgan fingerprint density at radius 2 is 2.26 bits per heavy atom. The van der Waals surface area contributed by atoms with Crippen molar-refractivity contribution < 1.29 is 4.79 Å². The van der Waals surface area contributed by atoms with Gasteiger partial charge >= 0.3 is 0 Å². The van der Waals surface area contributed by atoms with E-state index in [1.807, 2.05) is 32.2 Å². The number of hydrogen-bond acceptors (Lipinski definition) is 4. The van der Waals surface area contributed by atoms with Gasteiger partial charge in [-0.3, -0.25) is 9.48 Å². The Morgan fingerprint density at radius 3 is 2.89 bits per heavy atom. The molecule has 100 valence electrons. The molecule has 0 saturated heterocycles. The van der Waals surface area contributed by atoms with Crippen LogP contribution in [0.5, 0.6) is 0 Å². The third-order valence-electron chi connectivity index (χ3n) is 2.48. The number of aromatic nitrogens is 2. The van der Waals surface area contributed by atoms with E-state index in [1.54, 1.807) is 16.8 Å². The zero-order chi connectivity index (χ0) is 13.8. The topological polar surface area (TPSA) is 72.9 Å². The molecule has 0 aliphatic carbocycles. The van der Waals surface area contributed by atoms with Crippen molar-refractivity contribution in [3.05, 3.63) is 36.0 Å². The second-order valence-electron chi connectivity index (χ2n) is 4.21. The molecule has 0 unspecified atom stereocenters. The maximum atomic E-state index is 11.8. The number of rotatable bonds is 4. The molecule has 0 bridgehead atoms. The third kappa shape index (κ3) is 3.75. The molecule has 5 nitrogen and oxygen atoms in total. The van der Waals surface area contributed by atoms with E-state index in [0.717, 1.165) is 10.7 Å². The minimum atomic E-state index is -0.0607. The highest BCUT2D eigenvalue weighted by Gasteiger charge is 2.07. The summed E-state index contributed by atoms with van der Waals surface area (Å²) in [4.78, 5) is 11.8. The Bertz CT molecular complexity index is 594. The summed E-state index contributed by atoms with van der Waals surface area (Å²) in [6.45, 7) is 1.93. The van der Waals surface area contributed by atoms with Crippen LogP contribution in [0.4, 0.5) is 11.4 Å². The van der Waals surface area contributed by atoms with Crippen molar-refractivity contribution in [3.63, 3.8) is 0 Å². The highest BCUT2D eigenvalue weighted by atomic mass is 32.2. The van der Waals surface area contributed by atoms with Gasteiger partial charge in [-0.15, -0.1) is 0 Å². The number of thioether (sulfide) groups is 1. The molecule has 0 fully saturated rings. The smallest absolute Gasteiger partial charge is 0.234 e. The van der Waals surface area contributed by atoms with Crippen LogP contribution >= 0.6 is 11.8 Å². The van der Waals surface area contributed by atoms with E-state index >= 15 is 0 Å². The van der Waals surface area contributed by atoms with E-state index in [0.29, 0.717) is 17.1 Å². The molecule has 19 heavy (non-hydrogen) atoms. The molecule has 1 aromatic heterocycles. The summed E-state index contributed by atoms with van der Waals surface area (Å²) in [6, 6.07) is 9.09. The first-order valence-electron chi connectivity index (χ1n) is 5.83. The molecule has 2 rings (SSSR count). The van der Waals surface area contributed by atoms with E-state index in [1.165, 1.54) is 11.8 Å². The van der Waals surface area contributed by atoms with Crippen LogP contribution in [0.25, 0.3) is 0 Å². The van der Waals surface area contributed by atoms with E-state index in [9.17, 15) is 4.79 Å². The highest BCUT2D eigenvalue weighted by Crippen LogP contribution is 2.19.